The first kappa shape index (κ1) is 17.4. The van der Waals surface area contributed by atoms with E-state index in [2.05, 4.69) is 6.58 Å². The Balaban J connectivity index is 2.72. The van der Waals surface area contributed by atoms with Crippen molar-refractivity contribution in [2.45, 2.75) is 58.1 Å². The molecule has 0 saturated carbocycles. The van der Waals surface area contributed by atoms with Crippen molar-refractivity contribution < 1.29 is 19.1 Å². The van der Waals surface area contributed by atoms with Gasteiger partial charge in [-0.15, -0.1) is 6.58 Å². The quantitative estimate of drug-likeness (QED) is 0.428. The van der Waals surface area contributed by atoms with E-state index in [1.54, 1.807) is 31.7 Å². The molecule has 0 N–H and O–H groups in total. The average Bonchev–Trinajstić information content (AvgIpc) is 2.83. The van der Waals surface area contributed by atoms with Crippen molar-refractivity contribution in [1.82, 2.24) is 4.90 Å². The van der Waals surface area contributed by atoms with Gasteiger partial charge in [0.1, 0.15) is 11.9 Å². The van der Waals surface area contributed by atoms with Gasteiger partial charge in [-0.3, -0.25) is 9.59 Å². The van der Waals surface area contributed by atoms with Gasteiger partial charge in [0.25, 0.3) is 0 Å². The normalized spacial score (nSPS) is 20.0. The molecule has 118 valence electrons. The van der Waals surface area contributed by atoms with Gasteiger partial charge in [-0.25, -0.2) is 0 Å². The Labute approximate surface area is 126 Å². The first-order valence-corrected chi connectivity index (χ1v) is 7.37. The van der Waals surface area contributed by atoms with Crippen LogP contribution in [-0.2, 0) is 19.1 Å². The first-order chi connectivity index (χ1) is 9.78. The molecule has 0 aromatic carbocycles. The van der Waals surface area contributed by atoms with E-state index in [0.29, 0.717) is 19.4 Å². The van der Waals surface area contributed by atoms with Crippen LogP contribution in [0.25, 0.3) is 0 Å². The smallest absolute Gasteiger partial charge is 0.307 e. The van der Waals surface area contributed by atoms with Crippen molar-refractivity contribution in [2.75, 3.05) is 6.54 Å². The molecule has 1 rings (SSSR count). The maximum Gasteiger partial charge on any atom is 0.307 e. The number of esters is 1. The van der Waals surface area contributed by atoms with Gasteiger partial charge in [-0.2, -0.15) is 0 Å². The molecule has 1 amide bonds. The Bertz CT molecular complexity index is 411. The highest BCUT2D eigenvalue weighted by atomic mass is 16.6. The summed E-state index contributed by atoms with van der Waals surface area (Å²) < 4.78 is 5.27. The minimum absolute atomic E-state index is 0.0181. The first-order valence-electron chi connectivity index (χ1n) is 7.37. The van der Waals surface area contributed by atoms with Crippen molar-refractivity contribution in [3.63, 3.8) is 0 Å². The topological polar surface area (TPSA) is 63.7 Å². The monoisotopic (exact) mass is 295 g/mol. The molecule has 0 radical (unpaired) electrons. The molecule has 21 heavy (non-hydrogen) atoms. The van der Waals surface area contributed by atoms with Crippen LogP contribution in [0.15, 0.2) is 12.7 Å². The van der Waals surface area contributed by atoms with Crippen molar-refractivity contribution >= 4 is 18.2 Å². The highest BCUT2D eigenvalue weighted by molar-refractivity contribution is 5.86. The molecular formula is C16H25NO4. The minimum atomic E-state index is -0.572. The van der Waals surface area contributed by atoms with E-state index in [1.165, 1.54) is 0 Å². The van der Waals surface area contributed by atoms with E-state index in [-0.39, 0.29) is 18.4 Å². The Morgan fingerprint density at radius 3 is 2.62 bits per heavy atom. The summed E-state index contributed by atoms with van der Waals surface area (Å²) in [6.45, 7) is 9.58. The van der Waals surface area contributed by atoms with Gasteiger partial charge in [-0.1, -0.05) is 6.08 Å². The second-order valence-electron chi connectivity index (χ2n) is 6.39. The molecule has 1 aliphatic heterocycles. The Kier molecular flexibility index (Phi) is 6.12. The van der Waals surface area contributed by atoms with E-state index in [1.807, 2.05) is 0 Å². The Morgan fingerprint density at radius 2 is 2.10 bits per heavy atom. The third kappa shape index (κ3) is 5.33. The molecule has 5 nitrogen and oxygen atoms in total. The molecule has 1 heterocycles. The van der Waals surface area contributed by atoms with Crippen LogP contribution in [0.1, 0.15) is 46.5 Å². The molecule has 0 spiro atoms. The number of hydrogen-bond donors (Lipinski definition) is 0. The lowest BCUT2D eigenvalue weighted by Crippen LogP contribution is -2.41. The fourth-order valence-electron chi connectivity index (χ4n) is 2.50. The summed E-state index contributed by atoms with van der Waals surface area (Å²) in [5.74, 6) is -1.06. The fourth-order valence-corrected chi connectivity index (χ4v) is 2.50. The van der Waals surface area contributed by atoms with Crippen LogP contribution in [0.3, 0.4) is 0 Å². The van der Waals surface area contributed by atoms with Gasteiger partial charge in [0.2, 0.25) is 5.91 Å². The summed E-state index contributed by atoms with van der Waals surface area (Å²) in [4.78, 5) is 37.0. The van der Waals surface area contributed by atoms with Crippen LogP contribution in [-0.4, -0.2) is 41.3 Å². The highest BCUT2D eigenvalue weighted by Crippen LogP contribution is 2.23. The van der Waals surface area contributed by atoms with Crippen molar-refractivity contribution in [2.24, 2.45) is 5.92 Å². The lowest BCUT2D eigenvalue weighted by Gasteiger charge is -2.26. The molecule has 0 aromatic rings. The summed E-state index contributed by atoms with van der Waals surface area (Å²) in [6, 6.07) is -0.358. The minimum Gasteiger partial charge on any atom is -0.460 e. The number of hydrogen-bond acceptors (Lipinski definition) is 4. The molecule has 0 bridgehead atoms. The SMILES string of the molecule is C=CC[C@@H](CC(=O)OC(C)(C)C)C(=O)N1CCC[C@H]1C=O. The maximum absolute atomic E-state index is 12.5. The predicted molar refractivity (Wildman–Crippen MR) is 79.6 cm³/mol. The van der Waals surface area contributed by atoms with Crippen molar-refractivity contribution in [3.8, 4) is 0 Å². The predicted octanol–water partition coefficient (Wildman–Crippen LogP) is 2.10. The number of aldehydes is 1. The Hall–Kier alpha value is -1.65. The van der Waals surface area contributed by atoms with Gasteiger partial charge < -0.3 is 14.4 Å². The van der Waals surface area contributed by atoms with E-state index in [4.69, 9.17) is 4.74 Å². The van der Waals surface area contributed by atoms with Crippen LogP contribution in [0.2, 0.25) is 0 Å². The van der Waals surface area contributed by atoms with Crippen molar-refractivity contribution in [3.05, 3.63) is 12.7 Å². The fraction of sp³-hybridized carbons (Fsp3) is 0.688. The highest BCUT2D eigenvalue weighted by Gasteiger charge is 2.34. The zero-order valence-electron chi connectivity index (χ0n) is 13.1. The van der Waals surface area contributed by atoms with E-state index < -0.39 is 17.5 Å². The second kappa shape index (κ2) is 7.38. The summed E-state index contributed by atoms with van der Waals surface area (Å²) in [5, 5.41) is 0. The number of ether oxygens (including phenoxy) is 1. The average molecular weight is 295 g/mol. The molecule has 0 unspecified atom stereocenters. The van der Waals surface area contributed by atoms with Crippen LogP contribution in [0.5, 0.6) is 0 Å². The van der Waals surface area contributed by atoms with Crippen LogP contribution in [0, 0.1) is 5.92 Å². The lowest BCUT2D eigenvalue weighted by molar-refractivity contribution is -0.158. The number of allylic oxidation sites excluding steroid dienone is 1. The van der Waals surface area contributed by atoms with Crippen molar-refractivity contribution in [1.29, 1.82) is 0 Å². The second-order valence-corrected chi connectivity index (χ2v) is 6.39. The van der Waals surface area contributed by atoms with Gasteiger partial charge in [-0.05, 0) is 40.0 Å². The van der Waals surface area contributed by atoms with Gasteiger partial charge in [0.05, 0.1) is 18.4 Å². The third-order valence-electron chi connectivity index (χ3n) is 3.37. The molecule has 5 heteroatoms. The third-order valence-corrected chi connectivity index (χ3v) is 3.37. The largest absolute Gasteiger partial charge is 0.460 e. The van der Waals surface area contributed by atoms with Gasteiger partial charge >= 0.3 is 5.97 Å². The molecule has 1 fully saturated rings. The van der Waals surface area contributed by atoms with Crippen LogP contribution in [0.4, 0.5) is 0 Å². The number of amides is 1. The molecule has 1 saturated heterocycles. The summed E-state index contributed by atoms with van der Waals surface area (Å²) in [5.41, 5.74) is -0.572. The Morgan fingerprint density at radius 1 is 1.43 bits per heavy atom. The van der Waals surface area contributed by atoms with Crippen LogP contribution >= 0.6 is 0 Å². The lowest BCUT2D eigenvalue weighted by atomic mass is 9.99. The van der Waals surface area contributed by atoms with Crippen LogP contribution < -0.4 is 0 Å². The zero-order valence-corrected chi connectivity index (χ0v) is 13.1. The molecular weight excluding hydrogens is 270 g/mol. The number of carbonyl (C=O) groups is 3. The standard InChI is InChI=1S/C16H25NO4/c1-5-7-12(10-14(19)21-16(2,3)4)15(20)17-9-6-8-13(17)11-18/h5,11-13H,1,6-10H2,2-4H3/t12-,13-/m0/s1. The number of rotatable bonds is 6. The summed E-state index contributed by atoms with van der Waals surface area (Å²) >= 11 is 0. The summed E-state index contributed by atoms with van der Waals surface area (Å²) in [7, 11) is 0. The molecule has 0 aliphatic carbocycles. The van der Waals surface area contributed by atoms with E-state index in [9.17, 15) is 14.4 Å². The maximum atomic E-state index is 12.5. The zero-order chi connectivity index (χ0) is 16.0. The van der Waals surface area contributed by atoms with E-state index in [0.717, 1.165) is 12.7 Å². The van der Waals surface area contributed by atoms with Gasteiger partial charge in [0, 0.05) is 6.54 Å². The number of nitrogens with zero attached hydrogens (tertiary/aromatic N) is 1. The molecule has 1 aliphatic rings. The molecule has 2 atom stereocenters. The summed E-state index contributed by atoms with van der Waals surface area (Å²) in [6.07, 6.45) is 4.37. The van der Waals surface area contributed by atoms with E-state index >= 15 is 0 Å². The number of carbonyl (C=O) groups excluding carboxylic acids is 3. The molecule has 0 aromatic heterocycles. The van der Waals surface area contributed by atoms with Gasteiger partial charge in [0.15, 0.2) is 0 Å². The number of likely N-dealkylation sites (tertiary alicyclic amines) is 1.